The highest BCUT2D eigenvalue weighted by molar-refractivity contribution is 6.09. The normalized spacial score (nSPS) is 14.9. The van der Waals surface area contributed by atoms with Crippen LogP contribution < -0.4 is 0 Å². The van der Waals surface area contributed by atoms with Crippen LogP contribution in [0.1, 0.15) is 23.1 Å². The fourth-order valence-corrected chi connectivity index (χ4v) is 7.70. The van der Waals surface area contributed by atoms with Crippen molar-refractivity contribution >= 4 is 33.1 Å². The third-order valence-corrected chi connectivity index (χ3v) is 10.5. The summed E-state index contributed by atoms with van der Waals surface area (Å²) < 4.78 is 6.37. The molecule has 6 aromatic carbocycles. The van der Waals surface area contributed by atoms with E-state index in [1.54, 1.807) is 0 Å². The number of rotatable bonds is 6. The van der Waals surface area contributed by atoms with Gasteiger partial charge in [0, 0.05) is 38.9 Å². The standard InChI is InChI=1S/C50H32N4O/c51-31-32-26-40(30-42(27-32)43-15-9-16-45-44-14-7-8-17-46(44)55-47(43)45)39-25-21-34-20-24-38(28-41(34)29-39)33-18-22-37(23-19-33)50-53-48(35-10-3-1-4-11-35)52-49(54-50)36-12-5-2-6-13-36/h1-27,29-30,41H,28H2. The molecule has 1 unspecified atom stereocenters. The SMILES string of the molecule is N#Cc1cc(C2=CC3CC(c4ccc(-c5nc(-c6ccccc6)nc(-c6ccccc6)n5)cc4)=CC=C3C=C2)cc(-c2cccc3c2oc2ccccc23)c1. The summed E-state index contributed by atoms with van der Waals surface area (Å²) in [4.78, 5) is 14.7. The molecule has 0 spiro atoms. The van der Waals surface area contributed by atoms with E-state index in [1.165, 1.54) is 11.1 Å². The Morgan fingerprint density at radius 2 is 1.16 bits per heavy atom. The molecule has 5 heteroatoms. The van der Waals surface area contributed by atoms with Crippen molar-refractivity contribution in [1.29, 1.82) is 5.26 Å². The number of furan rings is 1. The minimum Gasteiger partial charge on any atom is -0.455 e. The number of nitrogens with zero attached hydrogens (tertiary/aromatic N) is 4. The number of fused-ring (bicyclic) bond motifs is 4. The third kappa shape index (κ3) is 6.06. The number of nitriles is 1. The summed E-state index contributed by atoms with van der Waals surface area (Å²) in [6.45, 7) is 0. The van der Waals surface area contributed by atoms with Gasteiger partial charge in [0.1, 0.15) is 11.2 Å². The van der Waals surface area contributed by atoms with Gasteiger partial charge in [-0.3, -0.25) is 0 Å². The summed E-state index contributed by atoms with van der Waals surface area (Å²) >= 11 is 0. The number of para-hydroxylation sites is 2. The molecule has 5 nitrogen and oxygen atoms in total. The molecule has 0 amide bonds. The maximum absolute atomic E-state index is 10.1. The van der Waals surface area contributed by atoms with Gasteiger partial charge in [0.05, 0.1) is 11.6 Å². The number of allylic oxidation sites excluding steroid dienone is 8. The highest BCUT2D eigenvalue weighted by Crippen LogP contribution is 2.41. The molecule has 2 aliphatic carbocycles. The molecular formula is C50H32N4O. The van der Waals surface area contributed by atoms with Crippen LogP contribution in [0.4, 0.5) is 0 Å². The van der Waals surface area contributed by atoms with Crippen LogP contribution in [0.15, 0.2) is 186 Å². The molecule has 0 saturated heterocycles. The molecule has 8 aromatic rings. The van der Waals surface area contributed by atoms with E-state index in [0.29, 0.717) is 23.0 Å². The summed E-state index contributed by atoms with van der Waals surface area (Å²) in [5, 5.41) is 12.2. The third-order valence-electron chi connectivity index (χ3n) is 10.5. The van der Waals surface area contributed by atoms with Gasteiger partial charge in [0.15, 0.2) is 17.5 Å². The summed E-state index contributed by atoms with van der Waals surface area (Å²) in [5.74, 6) is 2.14. The van der Waals surface area contributed by atoms with Crippen molar-refractivity contribution in [3.05, 3.63) is 198 Å². The molecule has 55 heavy (non-hydrogen) atoms. The first-order chi connectivity index (χ1) is 27.2. The van der Waals surface area contributed by atoms with Crippen molar-refractivity contribution in [2.24, 2.45) is 5.92 Å². The Hall–Kier alpha value is -7.42. The highest BCUT2D eigenvalue weighted by atomic mass is 16.3. The van der Waals surface area contributed by atoms with Crippen LogP contribution in [0.2, 0.25) is 0 Å². The molecule has 258 valence electrons. The smallest absolute Gasteiger partial charge is 0.164 e. The fourth-order valence-electron chi connectivity index (χ4n) is 7.70. The lowest BCUT2D eigenvalue weighted by molar-refractivity contribution is 0.670. The van der Waals surface area contributed by atoms with E-state index in [2.05, 4.69) is 91.0 Å². The zero-order valence-electron chi connectivity index (χ0n) is 29.7. The maximum Gasteiger partial charge on any atom is 0.164 e. The van der Waals surface area contributed by atoms with Gasteiger partial charge >= 0.3 is 0 Å². The fraction of sp³-hybridized carbons (Fsp3) is 0.0400. The van der Waals surface area contributed by atoms with Crippen molar-refractivity contribution in [2.75, 3.05) is 0 Å². The zero-order chi connectivity index (χ0) is 36.7. The number of benzene rings is 6. The highest BCUT2D eigenvalue weighted by Gasteiger charge is 2.22. The van der Waals surface area contributed by atoms with Crippen LogP contribution in [0.25, 0.3) is 78.4 Å². The molecule has 0 saturated carbocycles. The molecule has 2 heterocycles. The number of aromatic nitrogens is 3. The van der Waals surface area contributed by atoms with E-state index in [1.807, 2.05) is 91.0 Å². The maximum atomic E-state index is 10.1. The quantitative estimate of drug-likeness (QED) is 0.172. The van der Waals surface area contributed by atoms with E-state index in [4.69, 9.17) is 19.4 Å². The zero-order valence-corrected chi connectivity index (χ0v) is 29.7. The van der Waals surface area contributed by atoms with Crippen LogP contribution in [-0.4, -0.2) is 15.0 Å². The van der Waals surface area contributed by atoms with Crippen LogP contribution in [0.5, 0.6) is 0 Å². The molecule has 2 aliphatic rings. The molecule has 0 bridgehead atoms. The first-order valence-electron chi connectivity index (χ1n) is 18.4. The Morgan fingerprint density at radius 3 is 1.87 bits per heavy atom. The molecule has 2 aromatic heterocycles. The lowest BCUT2D eigenvalue weighted by Crippen LogP contribution is -2.08. The monoisotopic (exact) mass is 704 g/mol. The van der Waals surface area contributed by atoms with E-state index < -0.39 is 0 Å². The molecule has 0 aliphatic heterocycles. The van der Waals surface area contributed by atoms with E-state index in [9.17, 15) is 5.26 Å². The van der Waals surface area contributed by atoms with Gasteiger partial charge in [-0.25, -0.2) is 15.0 Å². The Balaban J connectivity index is 0.946. The number of hydrogen-bond acceptors (Lipinski definition) is 5. The van der Waals surface area contributed by atoms with E-state index in [-0.39, 0.29) is 5.92 Å². The molecule has 0 radical (unpaired) electrons. The van der Waals surface area contributed by atoms with E-state index in [0.717, 1.165) is 72.9 Å². The number of hydrogen-bond donors (Lipinski definition) is 0. The minimum atomic E-state index is 0.207. The first-order valence-corrected chi connectivity index (χ1v) is 18.4. The van der Waals surface area contributed by atoms with Crippen molar-refractivity contribution in [2.45, 2.75) is 6.42 Å². The van der Waals surface area contributed by atoms with Gasteiger partial charge < -0.3 is 4.42 Å². The Morgan fingerprint density at radius 1 is 0.545 bits per heavy atom. The Bertz CT molecular complexity index is 2890. The lowest BCUT2D eigenvalue weighted by Gasteiger charge is -2.25. The van der Waals surface area contributed by atoms with Gasteiger partial charge in [0.25, 0.3) is 0 Å². The summed E-state index contributed by atoms with van der Waals surface area (Å²) in [6, 6.07) is 51.5. The second kappa shape index (κ2) is 13.5. The molecule has 1 atom stereocenters. The second-order valence-corrected chi connectivity index (χ2v) is 13.9. The van der Waals surface area contributed by atoms with Gasteiger partial charge in [-0.05, 0) is 64.1 Å². The van der Waals surface area contributed by atoms with Crippen molar-refractivity contribution in [1.82, 2.24) is 15.0 Å². The van der Waals surface area contributed by atoms with Gasteiger partial charge in [-0.1, -0.05) is 152 Å². The predicted molar refractivity (Wildman–Crippen MR) is 221 cm³/mol. The molecule has 0 fully saturated rings. The average Bonchev–Trinajstić information content (AvgIpc) is 3.65. The Kier molecular flexibility index (Phi) is 7.93. The van der Waals surface area contributed by atoms with Crippen molar-refractivity contribution in [3.8, 4) is 51.4 Å². The average molecular weight is 705 g/mol. The van der Waals surface area contributed by atoms with Crippen LogP contribution in [0, 0.1) is 17.2 Å². The summed E-state index contributed by atoms with van der Waals surface area (Å²) in [6.07, 6.45) is 12.0. The topological polar surface area (TPSA) is 75.6 Å². The van der Waals surface area contributed by atoms with Crippen LogP contribution in [-0.2, 0) is 0 Å². The van der Waals surface area contributed by atoms with Crippen LogP contribution in [0.3, 0.4) is 0 Å². The summed E-state index contributed by atoms with van der Waals surface area (Å²) in [7, 11) is 0. The van der Waals surface area contributed by atoms with Crippen molar-refractivity contribution < 1.29 is 4.42 Å². The minimum absolute atomic E-state index is 0.207. The lowest BCUT2D eigenvalue weighted by atomic mass is 9.79. The first kappa shape index (κ1) is 32.2. The molecule has 10 rings (SSSR count). The van der Waals surface area contributed by atoms with Gasteiger partial charge in [0.2, 0.25) is 0 Å². The Labute approximate surface area is 318 Å². The predicted octanol–water partition coefficient (Wildman–Crippen LogP) is 12.3. The van der Waals surface area contributed by atoms with Crippen molar-refractivity contribution in [3.63, 3.8) is 0 Å². The molecule has 0 N–H and O–H groups in total. The molecular weight excluding hydrogens is 673 g/mol. The van der Waals surface area contributed by atoms with Gasteiger partial charge in [-0.2, -0.15) is 5.26 Å². The largest absolute Gasteiger partial charge is 0.455 e. The van der Waals surface area contributed by atoms with Gasteiger partial charge in [-0.15, -0.1) is 0 Å². The van der Waals surface area contributed by atoms with Crippen LogP contribution >= 0.6 is 0 Å². The summed E-state index contributed by atoms with van der Waals surface area (Å²) in [5.41, 5.74) is 12.9. The second-order valence-electron chi connectivity index (χ2n) is 13.9. The van der Waals surface area contributed by atoms with E-state index >= 15 is 0 Å².